The minimum atomic E-state index is -0.506. The third-order valence-electron chi connectivity index (χ3n) is 4.60. The van der Waals surface area contributed by atoms with Crippen LogP contribution in [-0.4, -0.2) is 24.1 Å². The van der Waals surface area contributed by atoms with E-state index in [0.29, 0.717) is 29.3 Å². The van der Waals surface area contributed by atoms with Crippen LogP contribution >= 0.6 is 0 Å². The van der Waals surface area contributed by atoms with Crippen molar-refractivity contribution in [3.05, 3.63) is 70.9 Å². The van der Waals surface area contributed by atoms with Crippen LogP contribution in [0, 0.1) is 19.7 Å². The molecule has 2 N–H and O–H groups in total. The molecule has 0 bridgehead atoms. The first-order valence-electron chi connectivity index (χ1n) is 9.34. The monoisotopic (exact) mass is 411 g/mol. The van der Waals surface area contributed by atoms with Crippen molar-refractivity contribution in [1.82, 2.24) is 5.16 Å². The van der Waals surface area contributed by atoms with Crippen LogP contribution in [0.3, 0.4) is 0 Å². The van der Waals surface area contributed by atoms with Crippen LogP contribution in [0.2, 0.25) is 0 Å². The lowest BCUT2D eigenvalue weighted by molar-refractivity contribution is -0.116. The van der Waals surface area contributed by atoms with Gasteiger partial charge in [-0.2, -0.15) is 0 Å². The lowest BCUT2D eigenvalue weighted by Gasteiger charge is -2.13. The van der Waals surface area contributed by atoms with Gasteiger partial charge < -0.3 is 19.9 Å². The molecule has 0 spiro atoms. The Morgan fingerprint density at radius 3 is 2.60 bits per heavy atom. The van der Waals surface area contributed by atoms with E-state index in [1.165, 1.54) is 25.3 Å². The summed E-state index contributed by atoms with van der Waals surface area (Å²) in [4.78, 5) is 24.8. The van der Waals surface area contributed by atoms with Gasteiger partial charge in [0.05, 0.1) is 18.5 Å². The fourth-order valence-corrected chi connectivity index (χ4v) is 3.03. The van der Waals surface area contributed by atoms with E-state index in [-0.39, 0.29) is 17.9 Å². The highest BCUT2D eigenvalue weighted by molar-refractivity contribution is 6.05. The number of nitrogens with zero attached hydrogens (tertiary/aromatic N) is 1. The molecule has 0 unspecified atom stereocenters. The number of aromatic nitrogens is 1. The summed E-state index contributed by atoms with van der Waals surface area (Å²) in [5.74, 6) is -0.0771. The Morgan fingerprint density at radius 2 is 1.93 bits per heavy atom. The van der Waals surface area contributed by atoms with Crippen molar-refractivity contribution in [3.63, 3.8) is 0 Å². The molecule has 0 radical (unpaired) electrons. The summed E-state index contributed by atoms with van der Waals surface area (Å²) in [5.41, 5.74) is 2.71. The zero-order valence-electron chi connectivity index (χ0n) is 16.9. The first-order chi connectivity index (χ1) is 14.4. The van der Waals surface area contributed by atoms with E-state index in [2.05, 4.69) is 15.8 Å². The highest BCUT2D eigenvalue weighted by Gasteiger charge is 2.14. The highest BCUT2D eigenvalue weighted by atomic mass is 19.1. The Bertz CT molecular complexity index is 1060. The Labute approximate surface area is 173 Å². The number of halogens is 1. The number of aryl methyl sites for hydroxylation is 2. The Kier molecular flexibility index (Phi) is 6.46. The summed E-state index contributed by atoms with van der Waals surface area (Å²) in [5, 5.41) is 9.37. The number of methoxy groups -OCH3 is 1. The zero-order chi connectivity index (χ0) is 21.7. The maximum atomic E-state index is 13.4. The second-order valence-corrected chi connectivity index (χ2v) is 6.73. The lowest BCUT2D eigenvalue weighted by atomic mass is 10.1. The van der Waals surface area contributed by atoms with Crippen LogP contribution < -0.4 is 15.4 Å². The van der Waals surface area contributed by atoms with Crippen molar-refractivity contribution in [2.75, 3.05) is 17.7 Å². The summed E-state index contributed by atoms with van der Waals surface area (Å²) in [7, 11) is 1.47. The molecule has 8 heteroatoms. The highest BCUT2D eigenvalue weighted by Crippen LogP contribution is 2.28. The number of hydrogen-bond donors (Lipinski definition) is 2. The molecule has 2 aromatic carbocycles. The van der Waals surface area contributed by atoms with Crippen molar-refractivity contribution < 1.29 is 23.2 Å². The van der Waals surface area contributed by atoms with Gasteiger partial charge in [-0.05, 0) is 56.7 Å². The topological polar surface area (TPSA) is 93.5 Å². The number of benzene rings is 2. The normalized spacial score (nSPS) is 10.5. The van der Waals surface area contributed by atoms with E-state index in [1.54, 1.807) is 18.2 Å². The summed E-state index contributed by atoms with van der Waals surface area (Å²) < 4.78 is 23.8. The molecule has 7 nitrogen and oxygen atoms in total. The second kappa shape index (κ2) is 9.21. The van der Waals surface area contributed by atoms with Gasteiger partial charge >= 0.3 is 0 Å². The number of hydrogen-bond acceptors (Lipinski definition) is 5. The Hall–Kier alpha value is -3.68. The molecule has 156 valence electrons. The van der Waals surface area contributed by atoms with Gasteiger partial charge in [0.1, 0.15) is 17.3 Å². The number of ether oxygens (including phenoxy) is 1. The number of nitrogens with one attached hydrogen (secondary N) is 2. The molecular weight excluding hydrogens is 389 g/mol. The molecule has 0 aliphatic rings. The van der Waals surface area contributed by atoms with Crippen molar-refractivity contribution in [2.24, 2.45) is 0 Å². The smallest absolute Gasteiger partial charge is 0.255 e. The number of carbonyl (C=O) groups excluding carboxylic acids is 2. The van der Waals surface area contributed by atoms with Crippen molar-refractivity contribution >= 4 is 23.2 Å². The van der Waals surface area contributed by atoms with Crippen LogP contribution in [0.1, 0.15) is 33.8 Å². The largest absolute Gasteiger partial charge is 0.495 e. The lowest BCUT2D eigenvalue weighted by Crippen LogP contribution is -2.15. The average molecular weight is 411 g/mol. The molecule has 1 aromatic heterocycles. The predicted octanol–water partition coefficient (Wildman–Crippen LogP) is 4.26. The molecule has 0 saturated heterocycles. The summed E-state index contributed by atoms with van der Waals surface area (Å²) in [6, 6.07) is 10.2. The predicted molar refractivity (Wildman–Crippen MR) is 110 cm³/mol. The molecule has 0 aliphatic carbocycles. The van der Waals surface area contributed by atoms with Gasteiger partial charge in [0, 0.05) is 23.2 Å². The maximum absolute atomic E-state index is 13.4. The van der Waals surface area contributed by atoms with Crippen LogP contribution in [-0.2, 0) is 11.2 Å². The molecule has 0 saturated carbocycles. The molecule has 3 aromatic rings. The minimum Gasteiger partial charge on any atom is -0.495 e. The van der Waals surface area contributed by atoms with E-state index < -0.39 is 11.7 Å². The third-order valence-corrected chi connectivity index (χ3v) is 4.60. The van der Waals surface area contributed by atoms with Crippen molar-refractivity contribution in [1.29, 1.82) is 0 Å². The summed E-state index contributed by atoms with van der Waals surface area (Å²) in [6.07, 6.45) is 0.756. The number of carbonyl (C=O) groups is 2. The third kappa shape index (κ3) is 5.02. The molecule has 3 rings (SSSR count). The standard InChI is InChI=1S/C22H22FN3O4/c1-13-18(14(2)30-26-13)8-10-21(27)24-17-7-9-20(29-3)19(12-17)25-22(28)15-5-4-6-16(23)11-15/h4-7,9,11-12H,8,10H2,1-3H3,(H,24,27)(H,25,28). The number of amides is 2. The fourth-order valence-electron chi connectivity index (χ4n) is 3.03. The fraction of sp³-hybridized carbons (Fsp3) is 0.227. The van der Waals surface area contributed by atoms with E-state index >= 15 is 0 Å². The molecule has 1 heterocycles. The quantitative estimate of drug-likeness (QED) is 0.606. The van der Waals surface area contributed by atoms with E-state index in [0.717, 1.165) is 17.3 Å². The number of anilines is 2. The van der Waals surface area contributed by atoms with Crippen LogP contribution in [0.5, 0.6) is 5.75 Å². The first-order valence-corrected chi connectivity index (χ1v) is 9.34. The average Bonchev–Trinajstić information content (AvgIpc) is 3.04. The van der Waals surface area contributed by atoms with E-state index in [9.17, 15) is 14.0 Å². The maximum Gasteiger partial charge on any atom is 0.255 e. The SMILES string of the molecule is COc1ccc(NC(=O)CCc2c(C)noc2C)cc1NC(=O)c1cccc(F)c1. The summed E-state index contributed by atoms with van der Waals surface area (Å²) in [6.45, 7) is 3.64. The second-order valence-electron chi connectivity index (χ2n) is 6.73. The van der Waals surface area contributed by atoms with Crippen LogP contribution in [0.15, 0.2) is 47.0 Å². The van der Waals surface area contributed by atoms with Gasteiger partial charge in [0.25, 0.3) is 5.91 Å². The zero-order valence-corrected chi connectivity index (χ0v) is 16.9. The van der Waals surface area contributed by atoms with Gasteiger partial charge in [-0.3, -0.25) is 9.59 Å². The Balaban J connectivity index is 1.69. The van der Waals surface area contributed by atoms with E-state index in [4.69, 9.17) is 9.26 Å². The number of rotatable bonds is 7. The molecule has 0 fully saturated rings. The minimum absolute atomic E-state index is 0.172. The van der Waals surface area contributed by atoms with Crippen LogP contribution in [0.25, 0.3) is 0 Å². The molecule has 0 aliphatic heterocycles. The Morgan fingerprint density at radius 1 is 1.13 bits per heavy atom. The summed E-state index contributed by atoms with van der Waals surface area (Å²) >= 11 is 0. The van der Waals surface area contributed by atoms with Crippen molar-refractivity contribution in [3.8, 4) is 5.75 Å². The molecule has 0 atom stereocenters. The van der Waals surface area contributed by atoms with Crippen LogP contribution in [0.4, 0.5) is 15.8 Å². The molecule has 30 heavy (non-hydrogen) atoms. The van der Waals surface area contributed by atoms with Gasteiger partial charge in [0.15, 0.2) is 0 Å². The van der Waals surface area contributed by atoms with E-state index in [1.807, 2.05) is 13.8 Å². The van der Waals surface area contributed by atoms with Crippen molar-refractivity contribution in [2.45, 2.75) is 26.7 Å². The van der Waals surface area contributed by atoms with Gasteiger partial charge in [-0.1, -0.05) is 11.2 Å². The van der Waals surface area contributed by atoms with Gasteiger partial charge in [-0.15, -0.1) is 0 Å². The molecule has 2 amide bonds. The van der Waals surface area contributed by atoms with Gasteiger partial charge in [0.2, 0.25) is 5.91 Å². The molecular formula is C22H22FN3O4. The first kappa shape index (κ1) is 21.0. The van der Waals surface area contributed by atoms with Gasteiger partial charge in [-0.25, -0.2) is 4.39 Å².